The van der Waals surface area contributed by atoms with Crippen molar-refractivity contribution in [2.45, 2.75) is 142 Å². The summed E-state index contributed by atoms with van der Waals surface area (Å²) >= 11 is 0. The maximum Gasteiger partial charge on any atom is 0.147 e. The van der Waals surface area contributed by atoms with Gasteiger partial charge in [0.05, 0.1) is 0 Å². The fourth-order valence-corrected chi connectivity index (χ4v) is 123. The summed E-state index contributed by atoms with van der Waals surface area (Å²) in [6.07, 6.45) is 0. The minimum absolute atomic E-state index is 0.590. The summed E-state index contributed by atoms with van der Waals surface area (Å²) in [5.41, 5.74) is 4.96. The van der Waals surface area contributed by atoms with E-state index in [-0.39, 0.29) is 0 Å². The second kappa shape index (κ2) is 10.1. The van der Waals surface area contributed by atoms with Crippen molar-refractivity contribution in [1.82, 2.24) is 0 Å². The third kappa shape index (κ3) is 6.00. The van der Waals surface area contributed by atoms with Gasteiger partial charge < -0.3 is 4.23 Å². The van der Waals surface area contributed by atoms with Crippen LogP contribution in [0, 0.1) is 0 Å². The highest BCUT2D eigenvalue weighted by molar-refractivity contribution is 7.89. The van der Waals surface area contributed by atoms with E-state index in [9.17, 15) is 0 Å². The van der Waals surface area contributed by atoms with Gasteiger partial charge in [0.1, 0.15) is 16.5 Å². The van der Waals surface area contributed by atoms with Crippen molar-refractivity contribution in [3.63, 3.8) is 0 Å². The lowest BCUT2D eigenvalue weighted by atomic mass is 9.93. The van der Waals surface area contributed by atoms with Gasteiger partial charge in [0.2, 0.25) is 0 Å². The van der Waals surface area contributed by atoms with E-state index in [1.165, 1.54) is 0 Å². The minimum Gasteiger partial charge on any atom is -0.424 e. The van der Waals surface area contributed by atoms with Gasteiger partial charge in [-0.2, -0.15) is 0 Å². The summed E-state index contributed by atoms with van der Waals surface area (Å²) < 4.78 is 3.25. The molecule has 1 aliphatic heterocycles. The molecule has 1 aromatic rings. The first kappa shape index (κ1) is 31.5. The van der Waals surface area contributed by atoms with Gasteiger partial charge >= 0.3 is 0 Å². The Balaban J connectivity index is 2.71. The van der Waals surface area contributed by atoms with Crippen molar-refractivity contribution in [3.8, 4) is 0 Å². The largest absolute Gasteiger partial charge is 0.424 e. The zero-order valence-corrected chi connectivity index (χ0v) is 32.7. The molecule has 0 aliphatic carbocycles. The molecular weight excluding hydrogens is 519 g/mol. The molecule has 0 bridgehead atoms. The van der Waals surface area contributed by atoms with Crippen LogP contribution in [-0.4, -0.2) is 45.9 Å². The highest BCUT2D eigenvalue weighted by Gasteiger charge is 2.63. The van der Waals surface area contributed by atoms with Crippen LogP contribution in [-0.2, 0) is 0 Å². The fraction of sp³-hybridized carbons (Fsp3) is 0.786. The van der Waals surface area contributed by atoms with Crippen LogP contribution >= 0.6 is 0 Å². The first-order valence-electron chi connectivity index (χ1n) is 14.5. The van der Waals surface area contributed by atoms with E-state index in [1.807, 2.05) is 0 Å². The van der Waals surface area contributed by atoms with Gasteiger partial charge in [-0.1, -0.05) is 131 Å². The molecule has 1 aliphatic rings. The minimum atomic E-state index is -1.54. The van der Waals surface area contributed by atoms with Crippen molar-refractivity contribution < 1.29 is 0 Å². The highest BCUT2D eigenvalue weighted by atomic mass is 29.9. The van der Waals surface area contributed by atoms with Gasteiger partial charge in [-0.05, 0) is 41.1 Å². The van der Waals surface area contributed by atoms with Crippen LogP contribution in [0.1, 0.15) is 50.7 Å². The quantitative estimate of drug-likeness (QED) is 0.236. The van der Waals surface area contributed by atoms with Crippen molar-refractivity contribution in [2.24, 2.45) is 0 Å². The molecule has 0 spiro atoms. The Morgan fingerprint density at radius 2 is 1.06 bits per heavy atom. The molecule has 0 radical (unpaired) electrons. The first-order chi connectivity index (χ1) is 15.5. The molecule has 0 saturated carbocycles. The van der Waals surface area contributed by atoms with E-state index in [4.69, 9.17) is 0 Å². The Kier molecular flexibility index (Phi) is 9.13. The van der Waals surface area contributed by atoms with E-state index in [2.05, 4.69) is 129 Å². The van der Waals surface area contributed by atoms with E-state index in [0.717, 1.165) is 0 Å². The fourth-order valence-electron chi connectivity index (χ4n) is 8.70. The molecule has 0 unspecified atom stereocenters. The van der Waals surface area contributed by atoms with Crippen LogP contribution in [0.2, 0.25) is 103 Å². The molecule has 0 N–H and O–H groups in total. The second-order valence-electron chi connectivity index (χ2n) is 16.5. The average Bonchev–Trinajstić information content (AvgIpc) is 3.37. The molecule has 0 aromatic heterocycles. The van der Waals surface area contributed by atoms with Crippen molar-refractivity contribution in [1.29, 1.82) is 0 Å². The lowest BCUT2D eigenvalue weighted by Crippen LogP contribution is -2.82. The van der Waals surface area contributed by atoms with Gasteiger partial charge in [-0.3, -0.25) is 0 Å². The summed E-state index contributed by atoms with van der Waals surface area (Å²) in [5, 5.41) is 0. The molecule has 1 saturated heterocycles. The van der Waals surface area contributed by atoms with Crippen LogP contribution in [0.15, 0.2) is 18.2 Å². The highest BCUT2D eigenvalue weighted by Crippen LogP contribution is 2.54. The van der Waals surface area contributed by atoms with Gasteiger partial charge in [-0.25, -0.2) is 0 Å². The number of hydrogen-bond acceptors (Lipinski definition) is 1. The maximum atomic E-state index is 3.25. The van der Waals surface area contributed by atoms with Gasteiger partial charge in [-0.15, -0.1) is 0 Å². The number of hydrogen-bond donors (Lipinski definition) is 0. The molecule has 2 rings (SSSR count). The number of benzene rings is 1. The molecule has 0 amide bonds. The van der Waals surface area contributed by atoms with Gasteiger partial charge in [0.15, 0.2) is 0 Å². The summed E-state index contributed by atoms with van der Waals surface area (Å²) in [6.45, 7) is 41.5. The van der Waals surface area contributed by atoms with Crippen LogP contribution in [0.3, 0.4) is 0 Å². The Morgan fingerprint density at radius 3 is 1.31 bits per heavy atom. The van der Waals surface area contributed by atoms with Crippen molar-refractivity contribution >= 4 is 51.6 Å². The summed E-state index contributed by atoms with van der Waals surface area (Å²) in [4.78, 5) is 0. The predicted molar refractivity (Wildman–Crippen MR) is 181 cm³/mol. The Hall–Kier alpha value is 0.321. The van der Waals surface area contributed by atoms with E-state index < -0.39 is 45.9 Å². The molecule has 0 atom stereocenters. The SMILES string of the molecule is CC(C)c1cccc(C(C)C)c1N([Si](C)(C)C)[Si]1(CC[Si]([Si](C)(C)C)([Si](C)(C)C)[Si](C)(C)C)CC1. The number of para-hydroxylation sites is 1. The van der Waals surface area contributed by atoms with Crippen LogP contribution in [0.5, 0.6) is 0 Å². The van der Waals surface area contributed by atoms with Gasteiger partial charge in [0, 0.05) is 35.1 Å². The van der Waals surface area contributed by atoms with Crippen molar-refractivity contribution in [2.75, 3.05) is 4.23 Å². The van der Waals surface area contributed by atoms with E-state index >= 15 is 0 Å². The summed E-state index contributed by atoms with van der Waals surface area (Å²) in [6, 6.07) is 13.7. The lowest BCUT2D eigenvalue weighted by molar-refractivity contribution is 0.834. The normalized spacial score (nSPS) is 17.3. The summed E-state index contributed by atoms with van der Waals surface area (Å²) in [7, 11) is -6.67. The van der Waals surface area contributed by atoms with E-state index in [0.29, 0.717) is 11.8 Å². The zero-order chi connectivity index (χ0) is 27.4. The molecule has 1 aromatic carbocycles. The Bertz CT molecular complexity index is 814. The smallest absolute Gasteiger partial charge is 0.147 e. The molecular formula is C28H61NSi6. The molecule has 1 nitrogen and oxygen atoms in total. The Labute approximate surface area is 226 Å². The molecule has 1 heterocycles. The molecule has 202 valence electrons. The standard InChI is InChI=1S/C28H61NSi6/c1-24(2)26-18-17-19-27(25(3)4)28(26)29(30(5,6)7)34(20-21-34)22-23-35(31(8,9)10,32(11,12)13)33(14,15)16/h17-19,24-25H,20-23H2,1-16H3. The third-order valence-electron chi connectivity index (χ3n) is 9.34. The number of anilines is 1. The summed E-state index contributed by atoms with van der Waals surface area (Å²) in [5.74, 6) is 1.18. The monoisotopic (exact) mass is 579 g/mol. The van der Waals surface area contributed by atoms with Gasteiger partial charge in [0.25, 0.3) is 0 Å². The molecule has 35 heavy (non-hydrogen) atoms. The first-order valence-corrected chi connectivity index (χ1v) is 36.2. The third-order valence-corrected chi connectivity index (χ3v) is 93.3. The second-order valence-corrected chi connectivity index (χ2v) is 67.6. The molecule has 7 heteroatoms. The average molecular weight is 580 g/mol. The molecule has 1 fully saturated rings. The van der Waals surface area contributed by atoms with E-state index in [1.54, 1.807) is 41.0 Å². The predicted octanol–water partition coefficient (Wildman–Crippen LogP) is 10.2. The number of rotatable bonds is 11. The van der Waals surface area contributed by atoms with Crippen LogP contribution in [0.4, 0.5) is 5.69 Å². The maximum absolute atomic E-state index is 3.25. The number of nitrogens with zero attached hydrogens (tertiary/aromatic N) is 1. The van der Waals surface area contributed by atoms with Crippen LogP contribution in [0.25, 0.3) is 0 Å². The van der Waals surface area contributed by atoms with Crippen LogP contribution < -0.4 is 4.23 Å². The zero-order valence-electron chi connectivity index (χ0n) is 26.7. The van der Waals surface area contributed by atoms with Crippen molar-refractivity contribution in [3.05, 3.63) is 29.3 Å². The topological polar surface area (TPSA) is 3.24 Å². The Morgan fingerprint density at radius 1 is 0.686 bits per heavy atom. The lowest BCUT2D eigenvalue weighted by Gasteiger charge is -2.58.